The molecule has 12 nitrogen and oxygen atoms in total. The van der Waals surface area contributed by atoms with Crippen molar-refractivity contribution in [3.8, 4) is 23.0 Å². The van der Waals surface area contributed by atoms with Crippen LogP contribution in [0.1, 0.15) is 11.1 Å². The minimum Gasteiger partial charge on any atom is -0.493 e. The van der Waals surface area contributed by atoms with Crippen LogP contribution in [0.25, 0.3) is 0 Å². The summed E-state index contributed by atoms with van der Waals surface area (Å²) in [5.41, 5.74) is 1.85. The molecular formula is C30H38N4O8. The summed E-state index contributed by atoms with van der Waals surface area (Å²) in [6, 6.07) is 11.0. The Labute approximate surface area is 245 Å². The monoisotopic (exact) mass is 582 g/mol. The van der Waals surface area contributed by atoms with Gasteiger partial charge in [0.25, 0.3) is 0 Å². The second kappa shape index (κ2) is 14.1. The number of rotatable bonds is 13. The molecule has 2 saturated heterocycles. The number of carbonyl (C=O) groups excluding carboxylic acids is 4. The van der Waals surface area contributed by atoms with Crippen molar-refractivity contribution in [1.29, 1.82) is 0 Å². The number of nitrogens with zero attached hydrogens (tertiary/aromatic N) is 4. The van der Waals surface area contributed by atoms with Crippen molar-refractivity contribution < 1.29 is 38.1 Å². The average Bonchev–Trinajstić information content (AvgIpc) is 2.98. The van der Waals surface area contributed by atoms with Gasteiger partial charge >= 0.3 is 0 Å². The lowest BCUT2D eigenvalue weighted by Gasteiger charge is -2.36. The maximum Gasteiger partial charge on any atom is 0.243 e. The Kier molecular flexibility index (Phi) is 10.4. The van der Waals surface area contributed by atoms with Crippen molar-refractivity contribution in [1.82, 2.24) is 19.6 Å². The summed E-state index contributed by atoms with van der Waals surface area (Å²) >= 11 is 0. The van der Waals surface area contributed by atoms with Gasteiger partial charge in [0, 0.05) is 26.2 Å². The molecule has 42 heavy (non-hydrogen) atoms. The number of amides is 4. The highest BCUT2D eigenvalue weighted by Gasteiger charge is 2.33. The van der Waals surface area contributed by atoms with Gasteiger partial charge in [-0.2, -0.15) is 0 Å². The molecule has 4 rings (SSSR count). The second-order valence-electron chi connectivity index (χ2n) is 10.2. The van der Waals surface area contributed by atoms with Crippen LogP contribution < -0.4 is 18.9 Å². The predicted molar refractivity (Wildman–Crippen MR) is 153 cm³/mol. The topological polar surface area (TPSA) is 118 Å². The standard InChI is InChI=1S/C30H38N4O8/c1-39-23-7-5-21(15-25(23)41-3)9-11-33-27(35)17-31(18-28(33)36)13-14-32-19-29(37)34(30(38)20-32)12-10-22-6-8-24(40-2)26(16-22)42-4/h5-8,15-16H,9-14,17-20H2,1-4H3. The third-order valence-electron chi connectivity index (χ3n) is 7.52. The van der Waals surface area contributed by atoms with E-state index in [1.807, 2.05) is 24.3 Å². The van der Waals surface area contributed by atoms with E-state index in [2.05, 4.69) is 0 Å². The SMILES string of the molecule is COc1ccc(CCN2C(=O)CN(CCN3CC(=O)N(CCc4ccc(OC)c(OC)c4)C(=O)C3)CC2=O)cc1OC. The Morgan fingerprint density at radius 1 is 0.500 bits per heavy atom. The normalized spacial score (nSPS) is 16.7. The molecule has 0 bridgehead atoms. The highest BCUT2D eigenvalue weighted by Crippen LogP contribution is 2.29. The molecular weight excluding hydrogens is 544 g/mol. The van der Waals surface area contributed by atoms with Crippen LogP contribution in [0.5, 0.6) is 23.0 Å². The Morgan fingerprint density at radius 3 is 1.14 bits per heavy atom. The number of hydrogen-bond acceptors (Lipinski definition) is 10. The maximum atomic E-state index is 12.8. The van der Waals surface area contributed by atoms with Crippen molar-refractivity contribution in [2.45, 2.75) is 12.8 Å². The minimum atomic E-state index is -0.265. The van der Waals surface area contributed by atoms with Crippen LogP contribution in [0.4, 0.5) is 0 Å². The first-order valence-corrected chi connectivity index (χ1v) is 13.8. The molecule has 0 spiro atoms. The molecule has 0 radical (unpaired) electrons. The lowest BCUT2D eigenvalue weighted by atomic mass is 10.1. The van der Waals surface area contributed by atoms with E-state index >= 15 is 0 Å². The summed E-state index contributed by atoms with van der Waals surface area (Å²) in [4.78, 5) is 57.3. The third-order valence-corrected chi connectivity index (χ3v) is 7.52. The van der Waals surface area contributed by atoms with Crippen LogP contribution in [0, 0.1) is 0 Å². The smallest absolute Gasteiger partial charge is 0.243 e. The maximum absolute atomic E-state index is 12.8. The van der Waals surface area contributed by atoms with Gasteiger partial charge in [0.1, 0.15) is 0 Å². The predicted octanol–water partition coefficient (Wildman–Crippen LogP) is 0.848. The van der Waals surface area contributed by atoms with Gasteiger partial charge in [-0.05, 0) is 48.2 Å². The van der Waals surface area contributed by atoms with Crippen molar-refractivity contribution in [3.63, 3.8) is 0 Å². The highest BCUT2D eigenvalue weighted by molar-refractivity contribution is 6.00. The molecule has 0 unspecified atom stereocenters. The fourth-order valence-electron chi connectivity index (χ4n) is 5.15. The van der Waals surface area contributed by atoms with Crippen molar-refractivity contribution in [3.05, 3.63) is 47.5 Å². The van der Waals surface area contributed by atoms with Crippen LogP contribution >= 0.6 is 0 Å². The van der Waals surface area contributed by atoms with Gasteiger partial charge in [-0.15, -0.1) is 0 Å². The van der Waals surface area contributed by atoms with Gasteiger partial charge in [-0.25, -0.2) is 0 Å². The fourth-order valence-corrected chi connectivity index (χ4v) is 5.15. The fraction of sp³-hybridized carbons (Fsp3) is 0.467. The Bertz CT molecular complexity index is 1180. The molecule has 2 aromatic rings. The van der Waals surface area contributed by atoms with Gasteiger partial charge < -0.3 is 18.9 Å². The Balaban J connectivity index is 1.22. The molecule has 2 aromatic carbocycles. The first kappa shape index (κ1) is 30.8. The largest absolute Gasteiger partial charge is 0.493 e. The molecule has 2 aliphatic heterocycles. The van der Waals surface area contributed by atoms with Gasteiger partial charge in [-0.1, -0.05) is 12.1 Å². The molecule has 0 aliphatic carbocycles. The Hall–Kier alpha value is -4.16. The summed E-state index contributed by atoms with van der Waals surface area (Å²) in [7, 11) is 6.24. The quantitative estimate of drug-likeness (QED) is 0.315. The van der Waals surface area contributed by atoms with E-state index in [-0.39, 0.29) is 62.9 Å². The van der Waals surface area contributed by atoms with E-state index in [0.29, 0.717) is 48.9 Å². The lowest BCUT2D eigenvalue weighted by molar-refractivity contribution is -0.154. The number of benzene rings is 2. The number of imide groups is 2. The van der Waals surface area contributed by atoms with Gasteiger partial charge in [-0.3, -0.25) is 38.8 Å². The van der Waals surface area contributed by atoms with E-state index in [0.717, 1.165) is 11.1 Å². The number of methoxy groups -OCH3 is 4. The average molecular weight is 583 g/mol. The molecule has 2 heterocycles. The number of hydrogen-bond donors (Lipinski definition) is 0. The summed E-state index contributed by atoms with van der Waals surface area (Å²) in [5, 5.41) is 0. The van der Waals surface area contributed by atoms with Crippen LogP contribution in [-0.2, 0) is 32.0 Å². The van der Waals surface area contributed by atoms with Crippen LogP contribution in [0.3, 0.4) is 0 Å². The number of ether oxygens (including phenoxy) is 4. The van der Waals surface area contributed by atoms with Crippen LogP contribution in [0.2, 0.25) is 0 Å². The van der Waals surface area contributed by atoms with E-state index in [1.165, 1.54) is 9.80 Å². The number of carbonyl (C=O) groups is 4. The van der Waals surface area contributed by atoms with Crippen LogP contribution in [0.15, 0.2) is 36.4 Å². The molecule has 2 aliphatic rings. The zero-order chi connectivity index (χ0) is 30.2. The lowest BCUT2D eigenvalue weighted by Crippen LogP contribution is -2.58. The van der Waals surface area contributed by atoms with E-state index < -0.39 is 0 Å². The first-order chi connectivity index (χ1) is 20.3. The summed E-state index contributed by atoms with van der Waals surface area (Å²) in [6.07, 6.45) is 0.997. The van der Waals surface area contributed by atoms with Crippen molar-refractivity contribution >= 4 is 23.6 Å². The van der Waals surface area contributed by atoms with E-state index in [4.69, 9.17) is 18.9 Å². The minimum absolute atomic E-state index is 0.102. The summed E-state index contributed by atoms with van der Waals surface area (Å²) in [6.45, 7) is 1.75. The molecule has 0 N–H and O–H groups in total. The first-order valence-electron chi connectivity index (χ1n) is 13.8. The summed E-state index contributed by atoms with van der Waals surface area (Å²) < 4.78 is 21.2. The van der Waals surface area contributed by atoms with E-state index in [9.17, 15) is 19.2 Å². The highest BCUT2D eigenvalue weighted by atomic mass is 16.5. The molecule has 0 aromatic heterocycles. The number of piperazine rings is 2. The van der Waals surface area contributed by atoms with E-state index in [1.54, 1.807) is 50.4 Å². The Morgan fingerprint density at radius 2 is 0.833 bits per heavy atom. The molecule has 2 fully saturated rings. The van der Waals surface area contributed by atoms with Gasteiger partial charge in [0.15, 0.2) is 23.0 Å². The molecule has 226 valence electrons. The van der Waals surface area contributed by atoms with Gasteiger partial charge in [0.2, 0.25) is 23.6 Å². The third kappa shape index (κ3) is 7.37. The van der Waals surface area contributed by atoms with Gasteiger partial charge in [0.05, 0.1) is 54.6 Å². The molecule has 0 atom stereocenters. The second-order valence-corrected chi connectivity index (χ2v) is 10.2. The zero-order valence-corrected chi connectivity index (χ0v) is 24.6. The molecule has 0 saturated carbocycles. The molecule has 12 heteroatoms. The van der Waals surface area contributed by atoms with Crippen molar-refractivity contribution in [2.75, 3.05) is 80.8 Å². The molecule has 4 amide bonds. The zero-order valence-electron chi connectivity index (χ0n) is 24.6. The summed E-state index contributed by atoms with van der Waals surface area (Å²) in [5.74, 6) is 1.35. The van der Waals surface area contributed by atoms with Crippen molar-refractivity contribution in [2.24, 2.45) is 0 Å². The van der Waals surface area contributed by atoms with Crippen LogP contribution in [-0.4, -0.2) is 124 Å².